The number of rotatable bonds is 3. The van der Waals surface area contributed by atoms with Gasteiger partial charge in [-0.15, -0.1) is 0 Å². The van der Waals surface area contributed by atoms with Crippen LogP contribution in [0.15, 0.2) is 11.6 Å². The number of carbonyl (C=O) groups excluding carboxylic acids is 1. The largest absolute Gasteiger partial charge is 0.338 e. The first-order chi connectivity index (χ1) is 10.6. The SMILES string of the molecule is CC1=CCC[C@@H](C)[C@H]1CN1CCC(N2CCCNC2=O)CC1. The van der Waals surface area contributed by atoms with Crippen molar-refractivity contribution in [3.8, 4) is 0 Å². The molecular weight excluding hydrogens is 274 g/mol. The minimum Gasteiger partial charge on any atom is -0.338 e. The Balaban J connectivity index is 1.50. The number of hydrogen-bond donors (Lipinski definition) is 1. The highest BCUT2D eigenvalue weighted by Gasteiger charge is 2.31. The van der Waals surface area contributed by atoms with Crippen LogP contribution in [0.1, 0.15) is 46.0 Å². The Labute approximate surface area is 134 Å². The molecule has 0 unspecified atom stereocenters. The number of carbonyl (C=O) groups is 1. The van der Waals surface area contributed by atoms with Gasteiger partial charge in [-0.05, 0) is 50.9 Å². The maximum absolute atomic E-state index is 12.0. The van der Waals surface area contributed by atoms with Crippen LogP contribution in [0.5, 0.6) is 0 Å². The highest BCUT2D eigenvalue weighted by atomic mass is 16.2. The Hall–Kier alpha value is -1.03. The molecule has 1 aliphatic carbocycles. The monoisotopic (exact) mass is 305 g/mol. The van der Waals surface area contributed by atoms with Gasteiger partial charge in [-0.1, -0.05) is 18.6 Å². The molecule has 22 heavy (non-hydrogen) atoms. The second-order valence-corrected chi connectivity index (χ2v) is 7.42. The molecule has 0 aromatic rings. The Kier molecular flexibility index (Phi) is 5.07. The van der Waals surface area contributed by atoms with Crippen molar-refractivity contribution < 1.29 is 4.79 Å². The summed E-state index contributed by atoms with van der Waals surface area (Å²) < 4.78 is 0. The molecule has 2 saturated heterocycles. The van der Waals surface area contributed by atoms with Gasteiger partial charge in [0.15, 0.2) is 0 Å². The van der Waals surface area contributed by atoms with E-state index in [2.05, 4.69) is 35.0 Å². The van der Waals surface area contributed by atoms with Crippen molar-refractivity contribution in [2.24, 2.45) is 11.8 Å². The lowest BCUT2D eigenvalue weighted by Gasteiger charge is -2.42. The maximum atomic E-state index is 12.0. The van der Waals surface area contributed by atoms with Crippen molar-refractivity contribution in [1.29, 1.82) is 0 Å². The number of urea groups is 1. The number of piperidine rings is 1. The van der Waals surface area contributed by atoms with Gasteiger partial charge in [0.1, 0.15) is 0 Å². The lowest BCUT2D eigenvalue weighted by atomic mass is 9.79. The van der Waals surface area contributed by atoms with Gasteiger partial charge in [0.25, 0.3) is 0 Å². The standard InChI is InChI=1S/C18H31N3O/c1-14-5-3-6-15(2)17(14)13-20-11-7-16(8-12-20)21-10-4-9-19-18(21)22/h5,15-17H,3-4,6-13H2,1-2H3,(H,19,22)/t15-,17+/m1/s1. The van der Waals surface area contributed by atoms with Gasteiger partial charge < -0.3 is 15.1 Å². The normalized spacial score (nSPS) is 31.8. The average molecular weight is 305 g/mol. The topological polar surface area (TPSA) is 35.6 Å². The maximum Gasteiger partial charge on any atom is 0.317 e. The summed E-state index contributed by atoms with van der Waals surface area (Å²) in [5.41, 5.74) is 1.59. The van der Waals surface area contributed by atoms with Crippen LogP contribution in [0, 0.1) is 11.8 Å². The summed E-state index contributed by atoms with van der Waals surface area (Å²) in [6, 6.07) is 0.612. The van der Waals surface area contributed by atoms with E-state index in [1.165, 1.54) is 19.4 Å². The van der Waals surface area contributed by atoms with Crippen molar-refractivity contribution in [3.05, 3.63) is 11.6 Å². The zero-order chi connectivity index (χ0) is 15.5. The highest BCUT2D eigenvalue weighted by Crippen LogP contribution is 2.31. The molecule has 0 bridgehead atoms. The van der Waals surface area contributed by atoms with Gasteiger partial charge in [-0.25, -0.2) is 4.79 Å². The molecule has 4 heteroatoms. The van der Waals surface area contributed by atoms with Crippen LogP contribution in [0.4, 0.5) is 4.79 Å². The zero-order valence-corrected chi connectivity index (χ0v) is 14.2. The summed E-state index contributed by atoms with van der Waals surface area (Å²) in [4.78, 5) is 16.7. The quantitative estimate of drug-likeness (QED) is 0.814. The lowest BCUT2D eigenvalue weighted by Crippen LogP contribution is -2.54. The molecule has 2 aliphatic heterocycles. The Bertz CT molecular complexity index is 426. The van der Waals surface area contributed by atoms with E-state index in [1.807, 2.05) is 0 Å². The van der Waals surface area contributed by atoms with Crippen LogP contribution >= 0.6 is 0 Å². The Morgan fingerprint density at radius 1 is 1.23 bits per heavy atom. The lowest BCUT2D eigenvalue weighted by molar-refractivity contribution is 0.100. The molecule has 2 fully saturated rings. The van der Waals surface area contributed by atoms with Crippen LogP contribution < -0.4 is 5.32 Å². The molecule has 2 atom stereocenters. The predicted molar refractivity (Wildman–Crippen MR) is 89.8 cm³/mol. The van der Waals surface area contributed by atoms with Crippen molar-refractivity contribution >= 4 is 6.03 Å². The molecule has 2 amide bonds. The molecule has 0 saturated carbocycles. The zero-order valence-electron chi connectivity index (χ0n) is 14.2. The molecular formula is C18H31N3O. The van der Waals surface area contributed by atoms with Gasteiger partial charge >= 0.3 is 6.03 Å². The number of nitrogens with one attached hydrogen (secondary N) is 1. The summed E-state index contributed by atoms with van der Waals surface area (Å²) in [6.07, 6.45) is 8.40. The summed E-state index contributed by atoms with van der Waals surface area (Å²) in [5, 5.41) is 2.98. The van der Waals surface area contributed by atoms with Gasteiger partial charge in [-0.3, -0.25) is 0 Å². The third kappa shape index (κ3) is 3.48. The van der Waals surface area contributed by atoms with E-state index in [-0.39, 0.29) is 6.03 Å². The smallest absolute Gasteiger partial charge is 0.317 e. The van der Waals surface area contributed by atoms with E-state index in [1.54, 1.807) is 5.57 Å². The minimum absolute atomic E-state index is 0.157. The second-order valence-electron chi connectivity index (χ2n) is 7.42. The predicted octanol–water partition coefficient (Wildman–Crippen LogP) is 2.86. The van der Waals surface area contributed by atoms with E-state index >= 15 is 0 Å². The van der Waals surface area contributed by atoms with E-state index < -0.39 is 0 Å². The van der Waals surface area contributed by atoms with Gasteiger partial charge in [0.2, 0.25) is 0 Å². The highest BCUT2D eigenvalue weighted by molar-refractivity contribution is 5.75. The summed E-state index contributed by atoms with van der Waals surface area (Å²) in [7, 11) is 0. The molecule has 0 aromatic heterocycles. The van der Waals surface area contributed by atoms with Crippen LogP contribution in [-0.4, -0.2) is 54.6 Å². The number of hydrogen-bond acceptors (Lipinski definition) is 2. The fourth-order valence-electron chi connectivity index (χ4n) is 4.39. The van der Waals surface area contributed by atoms with Crippen molar-refractivity contribution in [1.82, 2.24) is 15.1 Å². The van der Waals surface area contributed by atoms with Crippen molar-refractivity contribution in [3.63, 3.8) is 0 Å². The first kappa shape index (κ1) is 15.9. The first-order valence-corrected chi connectivity index (χ1v) is 9.08. The summed E-state index contributed by atoms with van der Waals surface area (Å²) >= 11 is 0. The Morgan fingerprint density at radius 3 is 2.68 bits per heavy atom. The number of likely N-dealkylation sites (tertiary alicyclic amines) is 1. The Morgan fingerprint density at radius 2 is 2.00 bits per heavy atom. The molecule has 3 rings (SSSR count). The van der Waals surface area contributed by atoms with Gasteiger partial charge in [-0.2, -0.15) is 0 Å². The minimum atomic E-state index is 0.157. The summed E-state index contributed by atoms with van der Waals surface area (Å²) in [5.74, 6) is 1.55. The van der Waals surface area contributed by atoms with E-state index in [0.29, 0.717) is 6.04 Å². The molecule has 1 N–H and O–H groups in total. The van der Waals surface area contributed by atoms with Gasteiger partial charge in [0.05, 0.1) is 0 Å². The number of nitrogens with zero attached hydrogens (tertiary/aromatic N) is 2. The third-order valence-electron chi connectivity index (χ3n) is 5.93. The van der Waals surface area contributed by atoms with E-state index in [9.17, 15) is 4.79 Å². The van der Waals surface area contributed by atoms with Crippen molar-refractivity contribution in [2.75, 3.05) is 32.7 Å². The molecule has 0 radical (unpaired) electrons. The molecule has 3 aliphatic rings. The number of amides is 2. The fourth-order valence-corrected chi connectivity index (χ4v) is 4.39. The summed E-state index contributed by atoms with van der Waals surface area (Å²) in [6.45, 7) is 10.0. The molecule has 0 aromatic carbocycles. The van der Waals surface area contributed by atoms with Crippen LogP contribution in [0.3, 0.4) is 0 Å². The second kappa shape index (κ2) is 7.03. The van der Waals surface area contributed by atoms with E-state index in [4.69, 9.17) is 0 Å². The molecule has 0 spiro atoms. The van der Waals surface area contributed by atoms with Crippen LogP contribution in [0.25, 0.3) is 0 Å². The van der Waals surface area contributed by atoms with E-state index in [0.717, 1.165) is 57.3 Å². The van der Waals surface area contributed by atoms with Crippen LogP contribution in [-0.2, 0) is 0 Å². The van der Waals surface area contributed by atoms with Crippen LogP contribution in [0.2, 0.25) is 0 Å². The number of allylic oxidation sites excluding steroid dienone is 1. The average Bonchev–Trinajstić information content (AvgIpc) is 2.52. The first-order valence-electron chi connectivity index (χ1n) is 9.08. The van der Waals surface area contributed by atoms with Crippen molar-refractivity contribution in [2.45, 2.75) is 52.0 Å². The fraction of sp³-hybridized carbons (Fsp3) is 0.833. The molecule has 2 heterocycles. The van der Waals surface area contributed by atoms with Gasteiger partial charge in [0, 0.05) is 38.8 Å². The molecule has 4 nitrogen and oxygen atoms in total. The third-order valence-corrected chi connectivity index (χ3v) is 5.93. The molecule has 124 valence electrons.